The van der Waals surface area contributed by atoms with E-state index in [1.807, 2.05) is 67.4 Å². The van der Waals surface area contributed by atoms with Crippen molar-refractivity contribution in [1.82, 2.24) is 9.88 Å². The minimum Gasteiger partial charge on any atom is -0.288 e. The van der Waals surface area contributed by atoms with Crippen LogP contribution in [0.1, 0.15) is 17.0 Å². The van der Waals surface area contributed by atoms with E-state index in [-0.39, 0.29) is 18.2 Å². The van der Waals surface area contributed by atoms with Crippen LogP contribution in [0.15, 0.2) is 48.5 Å². The van der Waals surface area contributed by atoms with E-state index >= 15 is 0 Å². The molecule has 0 radical (unpaired) electrons. The van der Waals surface area contributed by atoms with Crippen molar-refractivity contribution in [2.45, 2.75) is 25.9 Å². The van der Waals surface area contributed by atoms with E-state index in [4.69, 9.17) is 0 Å². The Morgan fingerprint density at radius 3 is 2.62 bits per heavy atom. The monoisotopic (exact) mass is 365 g/mol. The Labute approximate surface area is 155 Å². The molecule has 0 spiro atoms. The third kappa shape index (κ3) is 3.02. The minimum absolute atomic E-state index is 0.153. The highest BCUT2D eigenvalue weighted by Gasteiger charge is 2.41. The Morgan fingerprint density at radius 1 is 1.15 bits per heavy atom. The zero-order valence-electron chi connectivity index (χ0n) is 14.7. The second kappa shape index (κ2) is 6.63. The van der Waals surface area contributed by atoms with Crippen LogP contribution in [-0.4, -0.2) is 34.8 Å². The van der Waals surface area contributed by atoms with Crippen molar-refractivity contribution < 1.29 is 9.59 Å². The Bertz CT molecular complexity index is 947. The molecule has 1 fully saturated rings. The molecule has 1 aromatic heterocycles. The van der Waals surface area contributed by atoms with Crippen molar-refractivity contribution in [2.24, 2.45) is 0 Å². The molecule has 2 amide bonds. The van der Waals surface area contributed by atoms with Gasteiger partial charge >= 0.3 is 0 Å². The average molecular weight is 365 g/mol. The van der Waals surface area contributed by atoms with Gasteiger partial charge in [-0.2, -0.15) is 0 Å². The quantitative estimate of drug-likeness (QED) is 0.665. The smallest absolute Gasteiger partial charge is 0.251 e. The molecule has 1 unspecified atom stereocenters. The standard InChI is InChI=1S/C20H19N3O2S/c1-13-7-9-14(10-8-13)23-19(24)11-16(20(23)25)22(2)12-18-21-15-5-3-4-6-17(15)26-18/h3-10,16H,11-12H2,1-2H3. The lowest BCUT2D eigenvalue weighted by molar-refractivity contribution is -0.122. The highest BCUT2D eigenvalue weighted by molar-refractivity contribution is 7.18. The number of nitrogens with zero attached hydrogens (tertiary/aromatic N) is 3. The summed E-state index contributed by atoms with van der Waals surface area (Å²) in [5.74, 6) is -0.317. The van der Waals surface area contributed by atoms with Gasteiger partial charge in [-0.3, -0.25) is 14.5 Å². The van der Waals surface area contributed by atoms with E-state index in [2.05, 4.69) is 4.98 Å². The zero-order valence-corrected chi connectivity index (χ0v) is 15.5. The first-order valence-electron chi connectivity index (χ1n) is 8.51. The summed E-state index contributed by atoms with van der Waals surface area (Å²) in [6.45, 7) is 2.52. The van der Waals surface area contributed by atoms with Gasteiger partial charge in [0, 0.05) is 0 Å². The molecular formula is C20H19N3O2S. The van der Waals surface area contributed by atoms with Crippen LogP contribution in [0.2, 0.25) is 0 Å². The van der Waals surface area contributed by atoms with Gasteiger partial charge < -0.3 is 0 Å². The first-order chi connectivity index (χ1) is 12.5. The van der Waals surface area contributed by atoms with Crippen LogP contribution >= 0.6 is 11.3 Å². The van der Waals surface area contributed by atoms with Gasteiger partial charge in [0.15, 0.2) is 0 Å². The van der Waals surface area contributed by atoms with Crippen LogP contribution in [0.5, 0.6) is 0 Å². The Balaban J connectivity index is 1.53. The molecule has 1 saturated heterocycles. The zero-order chi connectivity index (χ0) is 18.3. The van der Waals surface area contributed by atoms with Crippen LogP contribution < -0.4 is 4.90 Å². The number of rotatable bonds is 4. The number of hydrogen-bond donors (Lipinski definition) is 0. The maximum absolute atomic E-state index is 12.9. The van der Waals surface area contributed by atoms with Crippen molar-refractivity contribution >= 4 is 39.1 Å². The largest absolute Gasteiger partial charge is 0.288 e. The number of hydrogen-bond acceptors (Lipinski definition) is 5. The Hall–Kier alpha value is -2.57. The van der Waals surface area contributed by atoms with Gasteiger partial charge in [0.1, 0.15) is 5.01 Å². The molecule has 132 valence electrons. The van der Waals surface area contributed by atoms with E-state index in [9.17, 15) is 9.59 Å². The number of aryl methyl sites for hydroxylation is 1. The number of carbonyl (C=O) groups excluding carboxylic acids is 2. The Kier molecular flexibility index (Phi) is 4.30. The number of fused-ring (bicyclic) bond motifs is 1. The van der Waals surface area contributed by atoms with Gasteiger partial charge in [-0.25, -0.2) is 9.88 Å². The molecule has 2 heterocycles. The van der Waals surface area contributed by atoms with Crippen molar-refractivity contribution in [2.75, 3.05) is 11.9 Å². The third-order valence-electron chi connectivity index (χ3n) is 4.67. The number of benzene rings is 2. The maximum Gasteiger partial charge on any atom is 0.251 e. The number of carbonyl (C=O) groups is 2. The summed E-state index contributed by atoms with van der Waals surface area (Å²) >= 11 is 1.62. The average Bonchev–Trinajstić information content (AvgIpc) is 3.16. The van der Waals surface area contributed by atoms with Crippen LogP contribution in [-0.2, 0) is 16.1 Å². The normalized spacial score (nSPS) is 17.7. The van der Waals surface area contributed by atoms with Crippen LogP contribution in [0.4, 0.5) is 5.69 Å². The molecule has 0 N–H and O–H groups in total. The summed E-state index contributed by atoms with van der Waals surface area (Å²) in [5.41, 5.74) is 2.70. The number of thiazole rings is 1. The summed E-state index contributed by atoms with van der Waals surface area (Å²) in [7, 11) is 1.88. The topological polar surface area (TPSA) is 53.5 Å². The van der Waals surface area contributed by atoms with Gasteiger partial charge in [0.25, 0.3) is 5.91 Å². The molecule has 26 heavy (non-hydrogen) atoms. The molecule has 3 aromatic rings. The third-order valence-corrected chi connectivity index (χ3v) is 5.69. The predicted molar refractivity (Wildman–Crippen MR) is 103 cm³/mol. The van der Waals surface area contributed by atoms with Gasteiger partial charge in [0.05, 0.1) is 34.9 Å². The fourth-order valence-electron chi connectivity index (χ4n) is 3.24. The fraction of sp³-hybridized carbons (Fsp3) is 0.250. The van der Waals surface area contributed by atoms with Crippen LogP contribution in [0, 0.1) is 6.92 Å². The van der Waals surface area contributed by atoms with Gasteiger partial charge in [-0.05, 0) is 38.2 Å². The summed E-state index contributed by atoms with van der Waals surface area (Å²) in [4.78, 5) is 33.1. The van der Waals surface area contributed by atoms with E-state index in [0.717, 1.165) is 20.8 Å². The second-order valence-electron chi connectivity index (χ2n) is 6.61. The number of imide groups is 1. The van der Waals surface area contributed by atoms with Gasteiger partial charge in [-0.15, -0.1) is 11.3 Å². The van der Waals surface area contributed by atoms with Crippen molar-refractivity contribution in [3.05, 3.63) is 59.1 Å². The number of likely N-dealkylation sites (N-methyl/N-ethyl adjacent to an activating group) is 1. The molecule has 4 rings (SSSR count). The van der Waals surface area contributed by atoms with Crippen molar-refractivity contribution in [3.63, 3.8) is 0 Å². The van der Waals surface area contributed by atoms with Crippen LogP contribution in [0.3, 0.4) is 0 Å². The highest BCUT2D eigenvalue weighted by atomic mass is 32.1. The molecule has 0 saturated carbocycles. The number of anilines is 1. The molecule has 1 atom stereocenters. The van der Waals surface area contributed by atoms with Gasteiger partial charge in [-0.1, -0.05) is 29.8 Å². The summed E-state index contributed by atoms with van der Waals surface area (Å²) < 4.78 is 1.13. The molecule has 6 heteroatoms. The van der Waals surface area contributed by atoms with Crippen molar-refractivity contribution in [3.8, 4) is 0 Å². The summed E-state index contributed by atoms with van der Waals surface area (Å²) in [6, 6.07) is 15.0. The molecule has 5 nitrogen and oxygen atoms in total. The fourth-order valence-corrected chi connectivity index (χ4v) is 4.27. The van der Waals surface area contributed by atoms with Crippen LogP contribution in [0.25, 0.3) is 10.2 Å². The van der Waals surface area contributed by atoms with E-state index in [1.165, 1.54) is 4.90 Å². The summed E-state index contributed by atoms with van der Waals surface area (Å²) in [6.07, 6.45) is 0.202. The van der Waals surface area contributed by atoms with Crippen molar-refractivity contribution in [1.29, 1.82) is 0 Å². The molecule has 1 aliphatic rings. The maximum atomic E-state index is 12.9. The molecule has 2 aromatic carbocycles. The molecule has 0 aliphatic carbocycles. The van der Waals surface area contributed by atoms with Gasteiger partial charge in [0.2, 0.25) is 5.91 Å². The Morgan fingerprint density at radius 2 is 1.88 bits per heavy atom. The minimum atomic E-state index is -0.448. The number of para-hydroxylation sites is 1. The molecule has 1 aliphatic heterocycles. The first kappa shape index (κ1) is 16.9. The first-order valence-corrected chi connectivity index (χ1v) is 9.33. The lowest BCUT2D eigenvalue weighted by Crippen LogP contribution is -2.39. The summed E-state index contributed by atoms with van der Waals surface area (Å²) in [5, 5.41) is 0.947. The molecular weight excluding hydrogens is 346 g/mol. The predicted octanol–water partition coefficient (Wildman–Crippen LogP) is 3.37. The van der Waals surface area contributed by atoms with E-state index < -0.39 is 6.04 Å². The SMILES string of the molecule is Cc1ccc(N2C(=O)CC(N(C)Cc3nc4ccccc4s3)C2=O)cc1. The lowest BCUT2D eigenvalue weighted by atomic mass is 10.2. The highest BCUT2D eigenvalue weighted by Crippen LogP contribution is 2.28. The van der Waals surface area contributed by atoms with E-state index in [1.54, 1.807) is 11.3 Å². The lowest BCUT2D eigenvalue weighted by Gasteiger charge is -2.21. The second-order valence-corrected chi connectivity index (χ2v) is 7.73. The number of amides is 2. The molecule has 0 bridgehead atoms. The number of aromatic nitrogens is 1. The van der Waals surface area contributed by atoms with E-state index in [0.29, 0.717) is 12.2 Å².